The van der Waals surface area contributed by atoms with Crippen LogP contribution in [0.5, 0.6) is 0 Å². The van der Waals surface area contributed by atoms with Crippen molar-refractivity contribution in [3.05, 3.63) is 40.8 Å². The maximum Gasteiger partial charge on any atom is 0.335 e. The number of thiophene rings is 1. The predicted molar refractivity (Wildman–Crippen MR) is 71.1 cm³/mol. The second kappa shape index (κ2) is 3.96. The van der Waals surface area contributed by atoms with Gasteiger partial charge in [0.2, 0.25) is 0 Å². The molecule has 0 radical (unpaired) electrons. The van der Waals surface area contributed by atoms with Gasteiger partial charge in [-0.15, -0.1) is 11.3 Å². The molecular weight excluding hydrogens is 248 g/mol. The lowest BCUT2D eigenvalue weighted by Gasteiger charge is -1.92. The number of fused-ring (bicyclic) bond motifs is 1. The number of carbonyl (C=O) groups is 1. The molecular formula is C13H10N2O2S. The van der Waals surface area contributed by atoms with Gasteiger partial charge in [-0.25, -0.2) is 9.78 Å². The van der Waals surface area contributed by atoms with Crippen LogP contribution < -0.4 is 0 Å². The minimum atomic E-state index is -0.931. The molecule has 0 saturated carbocycles. The third-order valence-electron chi connectivity index (χ3n) is 2.70. The van der Waals surface area contributed by atoms with Gasteiger partial charge in [0.1, 0.15) is 5.82 Å². The molecule has 0 aliphatic rings. The molecule has 0 bridgehead atoms. The van der Waals surface area contributed by atoms with Crippen LogP contribution in [0.3, 0.4) is 0 Å². The van der Waals surface area contributed by atoms with Gasteiger partial charge in [0.25, 0.3) is 0 Å². The number of aromatic amines is 1. The van der Waals surface area contributed by atoms with Crippen molar-refractivity contribution in [2.75, 3.05) is 0 Å². The number of aromatic nitrogens is 2. The van der Waals surface area contributed by atoms with E-state index in [0.717, 1.165) is 21.7 Å². The zero-order valence-electron chi connectivity index (χ0n) is 9.60. The fraction of sp³-hybridized carbons (Fsp3) is 0.0769. The Labute approximate surface area is 107 Å². The zero-order chi connectivity index (χ0) is 12.7. The quantitative estimate of drug-likeness (QED) is 0.741. The van der Waals surface area contributed by atoms with Gasteiger partial charge in [0, 0.05) is 4.88 Å². The molecule has 0 spiro atoms. The summed E-state index contributed by atoms with van der Waals surface area (Å²) in [6.45, 7) is 2.04. The summed E-state index contributed by atoms with van der Waals surface area (Å²) in [4.78, 5) is 20.8. The van der Waals surface area contributed by atoms with E-state index in [4.69, 9.17) is 5.11 Å². The second-order valence-electron chi connectivity index (χ2n) is 4.03. The lowest BCUT2D eigenvalue weighted by Crippen LogP contribution is -1.94. The number of aromatic carboxylic acids is 1. The summed E-state index contributed by atoms with van der Waals surface area (Å²) in [7, 11) is 0. The Balaban J connectivity index is 2.13. The van der Waals surface area contributed by atoms with Crippen molar-refractivity contribution >= 4 is 28.3 Å². The third-order valence-corrected chi connectivity index (χ3v) is 3.71. The Morgan fingerprint density at radius 3 is 2.83 bits per heavy atom. The van der Waals surface area contributed by atoms with Crippen LogP contribution in [-0.2, 0) is 0 Å². The lowest BCUT2D eigenvalue weighted by molar-refractivity contribution is 0.0697. The molecule has 2 heterocycles. The molecule has 4 nitrogen and oxygen atoms in total. The summed E-state index contributed by atoms with van der Waals surface area (Å²) in [6, 6.07) is 8.94. The number of imidazole rings is 1. The molecule has 0 aliphatic heterocycles. The highest BCUT2D eigenvalue weighted by atomic mass is 32.1. The van der Waals surface area contributed by atoms with Gasteiger partial charge in [0.15, 0.2) is 0 Å². The van der Waals surface area contributed by atoms with Gasteiger partial charge < -0.3 is 10.1 Å². The maximum atomic E-state index is 10.9. The van der Waals surface area contributed by atoms with Crippen LogP contribution in [-0.4, -0.2) is 21.0 Å². The number of H-pyrrole nitrogens is 1. The van der Waals surface area contributed by atoms with Gasteiger partial charge in [-0.05, 0) is 37.3 Å². The van der Waals surface area contributed by atoms with E-state index in [2.05, 4.69) is 9.97 Å². The molecule has 0 saturated heterocycles. The molecule has 18 heavy (non-hydrogen) atoms. The van der Waals surface area contributed by atoms with E-state index >= 15 is 0 Å². The van der Waals surface area contributed by atoms with Crippen molar-refractivity contribution in [1.82, 2.24) is 9.97 Å². The molecule has 3 aromatic rings. The number of hydrogen-bond donors (Lipinski definition) is 2. The van der Waals surface area contributed by atoms with Crippen LogP contribution in [0.4, 0.5) is 0 Å². The predicted octanol–water partition coefficient (Wildman–Crippen LogP) is 3.30. The van der Waals surface area contributed by atoms with Crippen molar-refractivity contribution in [2.24, 2.45) is 0 Å². The molecule has 0 atom stereocenters. The topological polar surface area (TPSA) is 66.0 Å². The molecule has 3 rings (SSSR count). The van der Waals surface area contributed by atoms with E-state index in [-0.39, 0.29) is 5.56 Å². The van der Waals surface area contributed by atoms with E-state index in [1.807, 2.05) is 19.1 Å². The first-order valence-corrected chi connectivity index (χ1v) is 6.25. The Morgan fingerprint density at radius 1 is 1.33 bits per heavy atom. The fourth-order valence-corrected chi connectivity index (χ4v) is 2.63. The average molecular weight is 258 g/mol. The van der Waals surface area contributed by atoms with Crippen molar-refractivity contribution < 1.29 is 9.90 Å². The fourth-order valence-electron chi connectivity index (χ4n) is 1.82. The molecule has 0 unspecified atom stereocenters. The number of carboxylic acid groups (broad SMARTS) is 1. The first-order chi connectivity index (χ1) is 8.63. The summed E-state index contributed by atoms with van der Waals surface area (Å²) in [5, 5.41) is 8.94. The summed E-state index contributed by atoms with van der Waals surface area (Å²) >= 11 is 1.66. The second-order valence-corrected chi connectivity index (χ2v) is 5.32. The smallest absolute Gasteiger partial charge is 0.335 e. The first kappa shape index (κ1) is 11.0. The Morgan fingerprint density at radius 2 is 2.17 bits per heavy atom. The third kappa shape index (κ3) is 1.78. The van der Waals surface area contributed by atoms with Gasteiger partial charge in [-0.3, -0.25) is 0 Å². The standard InChI is InChI=1S/C13H10N2O2S/c1-7-2-5-11(18-7)12-14-9-4-3-8(13(16)17)6-10(9)15-12/h2-6H,1H3,(H,14,15)(H,16,17). The summed E-state index contributed by atoms with van der Waals surface area (Å²) in [6.07, 6.45) is 0. The van der Waals surface area contributed by atoms with Gasteiger partial charge in [0.05, 0.1) is 21.5 Å². The molecule has 0 amide bonds. The number of aryl methyl sites for hydroxylation is 1. The molecule has 5 heteroatoms. The van der Waals surface area contributed by atoms with Crippen LogP contribution in [0.2, 0.25) is 0 Å². The van der Waals surface area contributed by atoms with E-state index in [1.165, 1.54) is 4.88 Å². The summed E-state index contributed by atoms with van der Waals surface area (Å²) in [5.41, 5.74) is 1.79. The Hall–Kier alpha value is -2.14. The van der Waals surface area contributed by atoms with Crippen LogP contribution in [0.1, 0.15) is 15.2 Å². The molecule has 1 aromatic carbocycles. The highest BCUT2D eigenvalue weighted by molar-refractivity contribution is 7.15. The normalized spacial score (nSPS) is 10.9. The number of hydrogen-bond acceptors (Lipinski definition) is 3. The van der Waals surface area contributed by atoms with Crippen molar-refractivity contribution in [2.45, 2.75) is 6.92 Å². The molecule has 2 N–H and O–H groups in total. The van der Waals surface area contributed by atoms with E-state index in [1.54, 1.807) is 29.5 Å². The highest BCUT2D eigenvalue weighted by Crippen LogP contribution is 2.27. The summed E-state index contributed by atoms with van der Waals surface area (Å²) in [5.74, 6) is -0.148. The number of carboxylic acids is 1. The Kier molecular flexibility index (Phi) is 2.41. The van der Waals surface area contributed by atoms with Crippen LogP contribution in [0.25, 0.3) is 21.7 Å². The largest absolute Gasteiger partial charge is 0.478 e. The monoisotopic (exact) mass is 258 g/mol. The van der Waals surface area contributed by atoms with E-state index < -0.39 is 5.97 Å². The average Bonchev–Trinajstić information content (AvgIpc) is 2.93. The first-order valence-electron chi connectivity index (χ1n) is 5.43. The molecule has 0 aliphatic carbocycles. The van der Waals surface area contributed by atoms with Crippen molar-refractivity contribution in [3.63, 3.8) is 0 Å². The van der Waals surface area contributed by atoms with Gasteiger partial charge >= 0.3 is 5.97 Å². The molecule has 90 valence electrons. The lowest BCUT2D eigenvalue weighted by atomic mass is 10.2. The molecule has 2 aromatic heterocycles. The highest BCUT2D eigenvalue weighted by Gasteiger charge is 2.09. The maximum absolute atomic E-state index is 10.9. The van der Waals surface area contributed by atoms with Crippen molar-refractivity contribution in [1.29, 1.82) is 0 Å². The number of benzene rings is 1. The zero-order valence-corrected chi connectivity index (χ0v) is 10.4. The summed E-state index contributed by atoms with van der Waals surface area (Å²) < 4.78 is 0. The van der Waals surface area contributed by atoms with Crippen LogP contribution >= 0.6 is 11.3 Å². The van der Waals surface area contributed by atoms with E-state index in [0.29, 0.717) is 0 Å². The minimum Gasteiger partial charge on any atom is -0.478 e. The van der Waals surface area contributed by atoms with Gasteiger partial charge in [-0.2, -0.15) is 0 Å². The van der Waals surface area contributed by atoms with E-state index in [9.17, 15) is 4.79 Å². The van der Waals surface area contributed by atoms with Gasteiger partial charge in [-0.1, -0.05) is 0 Å². The molecule has 0 fully saturated rings. The number of nitrogens with zero attached hydrogens (tertiary/aromatic N) is 1. The van der Waals surface area contributed by atoms with Crippen molar-refractivity contribution in [3.8, 4) is 10.7 Å². The SMILES string of the molecule is Cc1ccc(-c2nc3ccc(C(=O)O)cc3[nH]2)s1. The van der Waals surface area contributed by atoms with Crippen LogP contribution in [0.15, 0.2) is 30.3 Å². The minimum absolute atomic E-state index is 0.264. The number of rotatable bonds is 2. The number of nitrogens with one attached hydrogen (secondary N) is 1. The van der Waals surface area contributed by atoms with Crippen LogP contribution in [0, 0.1) is 6.92 Å². The Bertz CT molecular complexity index is 742.